The van der Waals surface area contributed by atoms with Gasteiger partial charge in [0.25, 0.3) is 0 Å². The van der Waals surface area contributed by atoms with E-state index < -0.39 is 0 Å². The van der Waals surface area contributed by atoms with E-state index in [1.54, 1.807) is 21.7 Å². The molecular weight excluding hydrogens is 432 g/mol. The van der Waals surface area contributed by atoms with Crippen LogP contribution in [0.2, 0.25) is 0 Å². The number of para-hydroxylation sites is 1. The minimum Gasteiger partial charge on any atom is -0.376 e. The van der Waals surface area contributed by atoms with Crippen LogP contribution >= 0.6 is 0 Å². The summed E-state index contributed by atoms with van der Waals surface area (Å²) < 4.78 is 7.39. The summed E-state index contributed by atoms with van der Waals surface area (Å²) in [6.45, 7) is 5.26. The Labute approximate surface area is 198 Å². The van der Waals surface area contributed by atoms with Gasteiger partial charge in [0, 0.05) is 30.6 Å². The van der Waals surface area contributed by atoms with Gasteiger partial charge < -0.3 is 15.0 Å². The normalized spacial score (nSPS) is 15.4. The van der Waals surface area contributed by atoms with E-state index in [0.717, 1.165) is 29.7 Å². The number of amides is 2. The largest absolute Gasteiger partial charge is 0.376 e. The molecule has 1 aliphatic heterocycles. The average molecular weight is 463 g/mol. The molecule has 0 bridgehead atoms. The Kier molecular flexibility index (Phi) is 7.37. The molecule has 0 spiro atoms. The van der Waals surface area contributed by atoms with Gasteiger partial charge in [-0.05, 0) is 56.0 Å². The summed E-state index contributed by atoms with van der Waals surface area (Å²) in [5.74, 6) is -0.400. The molecule has 2 aromatic carbocycles. The van der Waals surface area contributed by atoms with Gasteiger partial charge >= 0.3 is 0 Å². The highest BCUT2D eigenvalue weighted by molar-refractivity contribution is 5.95. The Morgan fingerprint density at radius 2 is 2.00 bits per heavy atom. The SMILES string of the molecule is Cc1cccc(NC(=O)CN(CC2CCCO2)C(=O)CCn2ncc(=O)c3ccccc32)c1C. The van der Waals surface area contributed by atoms with Gasteiger partial charge in [0.2, 0.25) is 17.2 Å². The van der Waals surface area contributed by atoms with Crippen LogP contribution in [0.4, 0.5) is 5.69 Å². The second-order valence-electron chi connectivity index (χ2n) is 8.70. The summed E-state index contributed by atoms with van der Waals surface area (Å²) in [6, 6.07) is 13.0. The Bertz CT molecular complexity index is 1250. The molecule has 0 aliphatic carbocycles. The van der Waals surface area contributed by atoms with Crippen LogP contribution in [0.3, 0.4) is 0 Å². The summed E-state index contributed by atoms with van der Waals surface area (Å²) in [7, 11) is 0. The maximum atomic E-state index is 13.2. The van der Waals surface area contributed by atoms with Crippen molar-refractivity contribution in [1.29, 1.82) is 0 Å². The van der Waals surface area contributed by atoms with E-state index >= 15 is 0 Å². The van der Waals surface area contributed by atoms with Crippen LogP contribution in [0.15, 0.2) is 53.5 Å². The van der Waals surface area contributed by atoms with Crippen molar-refractivity contribution in [3.63, 3.8) is 0 Å². The molecule has 3 aromatic rings. The first-order valence-corrected chi connectivity index (χ1v) is 11.6. The number of carbonyl (C=O) groups is 2. The number of anilines is 1. The molecule has 178 valence electrons. The van der Waals surface area contributed by atoms with Crippen molar-refractivity contribution in [1.82, 2.24) is 14.7 Å². The zero-order valence-electron chi connectivity index (χ0n) is 19.6. The van der Waals surface area contributed by atoms with Crippen molar-refractivity contribution in [3.8, 4) is 0 Å². The van der Waals surface area contributed by atoms with Gasteiger partial charge in [-0.15, -0.1) is 0 Å². The van der Waals surface area contributed by atoms with Crippen molar-refractivity contribution in [2.75, 3.05) is 25.0 Å². The number of fused-ring (bicyclic) bond motifs is 1. The van der Waals surface area contributed by atoms with E-state index in [1.165, 1.54) is 6.20 Å². The molecule has 1 N–H and O–H groups in total. The predicted octanol–water partition coefficient (Wildman–Crippen LogP) is 3.05. The Morgan fingerprint density at radius 1 is 1.18 bits per heavy atom. The first-order chi connectivity index (χ1) is 16.4. The standard InChI is InChI=1S/C26H30N4O4/c1-18-7-5-10-22(19(18)2)28-25(32)17-29(16-20-8-6-14-34-20)26(33)12-13-30-23-11-4-3-9-21(23)24(31)15-27-30/h3-5,7,9-11,15,20H,6,8,12-14,16-17H2,1-2H3,(H,28,32). The molecule has 1 atom stereocenters. The molecule has 4 rings (SSSR count). The Hall–Kier alpha value is -3.52. The van der Waals surface area contributed by atoms with Crippen LogP contribution in [-0.4, -0.2) is 52.3 Å². The van der Waals surface area contributed by atoms with E-state index in [2.05, 4.69) is 10.4 Å². The van der Waals surface area contributed by atoms with Crippen LogP contribution in [0.25, 0.3) is 10.9 Å². The van der Waals surface area contributed by atoms with Gasteiger partial charge in [-0.25, -0.2) is 0 Å². The number of benzene rings is 2. The van der Waals surface area contributed by atoms with Gasteiger partial charge in [0.1, 0.15) is 0 Å². The third-order valence-corrected chi connectivity index (χ3v) is 6.31. The second kappa shape index (κ2) is 10.6. The van der Waals surface area contributed by atoms with Crippen molar-refractivity contribution in [2.24, 2.45) is 0 Å². The predicted molar refractivity (Wildman–Crippen MR) is 131 cm³/mol. The number of nitrogens with one attached hydrogen (secondary N) is 1. The smallest absolute Gasteiger partial charge is 0.244 e. The molecule has 0 saturated carbocycles. The minimum absolute atomic E-state index is 0.0512. The highest BCUT2D eigenvalue weighted by atomic mass is 16.5. The minimum atomic E-state index is -0.244. The molecule has 1 unspecified atom stereocenters. The molecule has 2 amide bonds. The van der Waals surface area contributed by atoms with Gasteiger partial charge in [0.15, 0.2) is 0 Å². The summed E-state index contributed by atoms with van der Waals surface area (Å²) in [5, 5.41) is 7.71. The molecule has 34 heavy (non-hydrogen) atoms. The van der Waals surface area contributed by atoms with Crippen molar-refractivity contribution < 1.29 is 14.3 Å². The summed E-state index contributed by atoms with van der Waals surface area (Å²) in [6.07, 6.45) is 3.18. The number of hydrogen-bond acceptors (Lipinski definition) is 5. The summed E-state index contributed by atoms with van der Waals surface area (Å²) in [5.41, 5.74) is 3.37. The van der Waals surface area contributed by atoms with Crippen LogP contribution in [0.1, 0.15) is 30.4 Å². The maximum absolute atomic E-state index is 13.2. The third kappa shape index (κ3) is 5.51. The lowest BCUT2D eigenvalue weighted by Crippen LogP contribution is -2.42. The van der Waals surface area contributed by atoms with Gasteiger partial charge in [-0.1, -0.05) is 24.3 Å². The zero-order valence-corrected chi connectivity index (χ0v) is 19.6. The van der Waals surface area contributed by atoms with E-state index in [1.807, 2.05) is 44.2 Å². The molecule has 1 aromatic heterocycles. The van der Waals surface area contributed by atoms with Crippen LogP contribution in [0.5, 0.6) is 0 Å². The van der Waals surface area contributed by atoms with E-state index in [9.17, 15) is 14.4 Å². The number of ether oxygens (including phenoxy) is 1. The average Bonchev–Trinajstić information content (AvgIpc) is 3.34. The van der Waals surface area contributed by atoms with Gasteiger partial charge in [-0.3, -0.25) is 19.1 Å². The summed E-state index contributed by atoms with van der Waals surface area (Å²) >= 11 is 0. The van der Waals surface area contributed by atoms with E-state index in [-0.39, 0.29) is 36.3 Å². The molecule has 1 fully saturated rings. The van der Waals surface area contributed by atoms with Crippen molar-refractivity contribution >= 4 is 28.4 Å². The topological polar surface area (TPSA) is 93.5 Å². The molecular formula is C26H30N4O4. The molecule has 1 saturated heterocycles. The van der Waals surface area contributed by atoms with Crippen LogP contribution < -0.4 is 10.7 Å². The fourth-order valence-corrected chi connectivity index (χ4v) is 4.24. The highest BCUT2D eigenvalue weighted by Gasteiger charge is 2.24. The molecule has 2 heterocycles. The highest BCUT2D eigenvalue weighted by Crippen LogP contribution is 2.19. The first-order valence-electron chi connectivity index (χ1n) is 11.6. The second-order valence-corrected chi connectivity index (χ2v) is 8.70. The van der Waals surface area contributed by atoms with Crippen molar-refractivity contribution in [2.45, 2.75) is 45.8 Å². The van der Waals surface area contributed by atoms with Crippen LogP contribution in [-0.2, 0) is 20.9 Å². The van der Waals surface area contributed by atoms with Crippen LogP contribution in [0, 0.1) is 13.8 Å². The fourth-order valence-electron chi connectivity index (χ4n) is 4.24. The molecule has 0 radical (unpaired) electrons. The molecule has 8 heteroatoms. The Morgan fingerprint density at radius 3 is 2.79 bits per heavy atom. The zero-order chi connectivity index (χ0) is 24.1. The molecule has 8 nitrogen and oxygen atoms in total. The Balaban J connectivity index is 1.46. The van der Waals surface area contributed by atoms with E-state index in [0.29, 0.717) is 30.6 Å². The number of carbonyl (C=O) groups excluding carboxylic acids is 2. The van der Waals surface area contributed by atoms with Crippen molar-refractivity contribution in [3.05, 3.63) is 70.0 Å². The van der Waals surface area contributed by atoms with Gasteiger partial charge in [-0.2, -0.15) is 5.10 Å². The van der Waals surface area contributed by atoms with E-state index in [4.69, 9.17) is 4.74 Å². The number of hydrogen-bond donors (Lipinski definition) is 1. The first kappa shape index (κ1) is 23.6. The lowest BCUT2D eigenvalue weighted by Gasteiger charge is -2.25. The summed E-state index contributed by atoms with van der Waals surface area (Å²) in [4.78, 5) is 39.7. The lowest BCUT2D eigenvalue weighted by molar-refractivity contribution is -0.136. The quantitative estimate of drug-likeness (QED) is 0.555. The molecule has 1 aliphatic rings. The number of aryl methyl sites for hydroxylation is 2. The maximum Gasteiger partial charge on any atom is 0.244 e. The third-order valence-electron chi connectivity index (χ3n) is 6.31. The monoisotopic (exact) mass is 462 g/mol. The lowest BCUT2D eigenvalue weighted by atomic mass is 10.1. The number of aromatic nitrogens is 2. The number of nitrogens with zero attached hydrogens (tertiary/aromatic N) is 3. The number of rotatable bonds is 8. The van der Waals surface area contributed by atoms with Gasteiger partial charge in [0.05, 0.1) is 30.9 Å². The fraction of sp³-hybridized carbons (Fsp3) is 0.385.